The standard InChI is InChI=1S/C30H28FN3O4/c1-18-14-28(37-20(18)3)30(35)33-19(2)29(21-6-5-7-25(15-21)36-4)38-26-12-13-27-22(16-26)17-32-34(27)24-10-8-23(31)9-11-24/h5-17,19,29H,1-4H3,(H,33,35). The quantitative estimate of drug-likeness (QED) is 0.263. The Hall–Kier alpha value is -4.59. The van der Waals surface area contributed by atoms with Crippen molar-refractivity contribution in [3.63, 3.8) is 0 Å². The van der Waals surface area contributed by atoms with Crippen molar-refractivity contribution in [2.75, 3.05) is 7.11 Å². The van der Waals surface area contributed by atoms with Crippen LogP contribution in [0.1, 0.15) is 40.5 Å². The fraction of sp³-hybridized carbons (Fsp3) is 0.200. The molecule has 0 aliphatic heterocycles. The lowest BCUT2D eigenvalue weighted by Gasteiger charge is -2.26. The number of hydrogen-bond acceptors (Lipinski definition) is 5. The number of halogens is 1. The van der Waals surface area contributed by atoms with E-state index in [0.717, 1.165) is 27.7 Å². The molecule has 0 aliphatic rings. The number of ether oxygens (including phenoxy) is 2. The summed E-state index contributed by atoms with van der Waals surface area (Å²) in [7, 11) is 1.61. The van der Waals surface area contributed by atoms with Crippen LogP contribution in [0, 0.1) is 19.7 Å². The van der Waals surface area contributed by atoms with Crippen LogP contribution in [0.2, 0.25) is 0 Å². The Morgan fingerprint density at radius 3 is 2.53 bits per heavy atom. The predicted octanol–water partition coefficient (Wildman–Crippen LogP) is 6.32. The number of aromatic nitrogens is 2. The van der Waals surface area contributed by atoms with Gasteiger partial charge in [-0.05, 0) is 92.6 Å². The topological polar surface area (TPSA) is 78.5 Å². The molecule has 1 amide bonds. The molecule has 0 spiro atoms. The van der Waals surface area contributed by atoms with Gasteiger partial charge in [0.2, 0.25) is 0 Å². The molecule has 0 bridgehead atoms. The largest absolute Gasteiger partial charge is 0.497 e. The summed E-state index contributed by atoms with van der Waals surface area (Å²) < 4.78 is 32.6. The second-order valence-electron chi connectivity index (χ2n) is 9.18. The van der Waals surface area contributed by atoms with E-state index in [0.29, 0.717) is 17.3 Å². The lowest BCUT2D eigenvalue weighted by Crippen LogP contribution is -2.39. The molecule has 5 rings (SSSR count). The molecule has 0 saturated heterocycles. The van der Waals surface area contributed by atoms with Crippen molar-refractivity contribution >= 4 is 16.8 Å². The maximum Gasteiger partial charge on any atom is 0.287 e. The zero-order valence-corrected chi connectivity index (χ0v) is 21.6. The Labute approximate surface area is 219 Å². The second kappa shape index (κ2) is 10.4. The number of carbonyl (C=O) groups excluding carboxylic acids is 1. The van der Waals surface area contributed by atoms with Crippen molar-refractivity contribution in [1.29, 1.82) is 0 Å². The first kappa shape index (κ1) is 25.1. The molecule has 194 valence electrons. The lowest BCUT2D eigenvalue weighted by atomic mass is 10.0. The third-order valence-electron chi connectivity index (χ3n) is 6.50. The zero-order chi connectivity index (χ0) is 26.8. The number of furan rings is 1. The highest BCUT2D eigenvalue weighted by Gasteiger charge is 2.26. The lowest BCUT2D eigenvalue weighted by molar-refractivity contribution is 0.0853. The van der Waals surface area contributed by atoms with E-state index in [1.807, 2.05) is 63.2 Å². The van der Waals surface area contributed by atoms with Crippen LogP contribution in [-0.2, 0) is 0 Å². The molecule has 5 aromatic rings. The second-order valence-corrected chi connectivity index (χ2v) is 9.18. The van der Waals surface area contributed by atoms with Gasteiger partial charge in [-0.25, -0.2) is 9.07 Å². The van der Waals surface area contributed by atoms with E-state index in [-0.39, 0.29) is 17.5 Å². The molecule has 0 aliphatic carbocycles. The number of nitrogens with one attached hydrogen (secondary N) is 1. The first-order valence-corrected chi connectivity index (χ1v) is 12.2. The van der Waals surface area contributed by atoms with Gasteiger partial charge in [-0.2, -0.15) is 5.10 Å². The third kappa shape index (κ3) is 5.11. The van der Waals surface area contributed by atoms with Crippen LogP contribution in [-0.4, -0.2) is 28.8 Å². The summed E-state index contributed by atoms with van der Waals surface area (Å²) in [6.07, 6.45) is 1.20. The Morgan fingerprint density at radius 1 is 1.03 bits per heavy atom. The van der Waals surface area contributed by atoms with Gasteiger partial charge in [-0.15, -0.1) is 0 Å². The van der Waals surface area contributed by atoms with Crippen LogP contribution in [0.15, 0.2) is 83.4 Å². The van der Waals surface area contributed by atoms with Crippen molar-refractivity contribution in [3.8, 4) is 17.2 Å². The minimum atomic E-state index is -0.532. The molecule has 2 atom stereocenters. The van der Waals surface area contributed by atoms with Gasteiger partial charge in [-0.3, -0.25) is 4.79 Å². The molecule has 2 heterocycles. The summed E-state index contributed by atoms with van der Waals surface area (Å²) in [4.78, 5) is 12.9. The summed E-state index contributed by atoms with van der Waals surface area (Å²) >= 11 is 0. The number of methoxy groups -OCH3 is 1. The Morgan fingerprint density at radius 2 is 1.82 bits per heavy atom. The average molecular weight is 514 g/mol. The van der Waals surface area contributed by atoms with Crippen LogP contribution >= 0.6 is 0 Å². The molecule has 3 aromatic carbocycles. The van der Waals surface area contributed by atoms with Crippen molar-refractivity contribution in [2.24, 2.45) is 0 Å². The number of nitrogens with zero attached hydrogens (tertiary/aromatic N) is 2. The number of fused-ring (bicyclic) bond motifs is 1. The number of benzene rings is 3. The highest BCUT2D eigenvalue weighted by molar-refractivity contribution is 5.92. The van der Waals surface area contributed by atoms with Gasteiger partial charge in [0, 0.05) is 5.39 Å². The zero-order valence-electron chi connectivity index (χ0n) is 21.6. The van der Waals surface area contributed by atoms with Gasteiger partial charge < -0.3 is 19.2 Å². The van der Waals surface area contributed by atoms with Gasteiger partial charge in [0.25, 0.3) is 5.91 Å². The van der Waals surface area contributed by atoms with E-state index in [9.17, 15) is 9.18 Å². The van der Waals surface area contributed by atoms with Gasteiger partial charge >= 0.3 is 0 Å². The number of carbonyl (C=O) groups is 1. The molecule has 2 unspecified atom stereocenters. The van der Waals surface area contributed by atoms with Crippen LogP contribution in [0.4, 0.5) is 4.39 Å². The third-order valence-corrected chi connectivity index (χ3v) is 6.50. The molecule has 0 radical (unpaired) electrons. The fourth-order valence-electron chi connectivity index (χ4n) is 4.33. The van der Waals surface area contributed by atoms with E-state index < -0.39 is 12.1 Å². The SMILES string of the molecule is COc1cccc(C(Oc2ccc3c(cnn3-c3ccc(F)cc3)c2)C(C)NC(=O)c2cc(C)c(C)o2)c1. The monoisotopic (exact) mass is 513 g/mol. The first-order chi connectivity index (χ1) is 18.3. The van der Waals surface area contributed by atoms with Gasteiger partial charge in [0.15, 0.2) is 5.76 Å². The van der Waals surface area contributed by atoms with Gasteiger partial charge in [0.1, 0.15) is 29.2 Å². The summed E-state index contributed by atoms with van der Waals surface area (Å²) in [5.74, 6) is 1.63. The highest BCUT2D eigenvalue weighted by Crippen LogP contribution is 2.30. The summed E-state index contributed by atoms with van der Waals surface area (Å²) in [6, 6.07) is 20.7. The van der Waals surface area contributed by atoms with Gasteiger partial charge in [0.05, 0.1) is 30.6 Å². The molecule has 1 N–H and O–H groups in total. The predicted molar refractivity (Wildman–Crippen MR) is 143 cm³/mol. The van der Waals surface area contributed by atoms with Crippen LogP contribution in [0.25, 0.3) is 16.6 Å². The number of hydrogen-bond donors (Lipinski definition) is 1. The van der Waals surface area contributed by atoms with E-state index >= 15 is 0 Å². The molecule has 38 heavy (non-hydrogen) atoms. The first-order valence-electron chi connectivity index (χ1n) is 12.2. The minimum absolute atomic E-state index is 0.255. The maximum absolute atomic E-state index is 13.4. The number of aryl methyl sites for hydroxylation is 2. The smallest absolute Gasteiger partial charge is 0.287 e. The number of rotatable bonds is 8. The fourth-order valence-corrected chi connectivity index (χ4v) is 4.33. The van der Waals surface area contributed by atoms with Crippen molar-refractivity contribution in [2.45, 2.75) is 32.9 Å². The van der Waals surface area contributed by atoms with E-state index in [1.54, 1.807) is 36.2 Å². The molecule has 0 fully saturated rings. The van der Waals surface area contributed by atoms with E-state index in [1.165, 1.54) is 12.1 Å². The molecule has 0 saturated carbocycles. The van der Waals surface area contributed by atoms with Crippen molar-refractivity contribution in [1.82, 2.24) is 15.1 Å². The summed E-state index contributed by atoms with van der Waals surface area (Å²) in [6.45, 7) is 5.61. The number of amides is 1. The highest BCUT2D eigenvalue weighted by atomic mass is 19.1. The maximum atomic E-state index is 13.4. The van der Waals surface area contributed by atoms with E-state index in [4.69, 9.17) is 13.9 Å². The molecule has 7 nitrogen and oxygen atoms in total. The summed E-state index contributed by atoms with van der Waals surface area (Å²) in [5, 5.41) is 8.34. The van der Waals surface area contributed by atoms with Crippen LogP contribution < -0.4 is 14.8 Å². The minimum Gasteiger partial charge on any atom is -0.497 e. The van der Waals surface area contributed by atoms with Crippen molar-refractivity contribution in [3.05, 3.63) is 107 Å². The molecule has 8 heteroatoms. The van der Waals surface area contributed by atoms with Crippen LogP contribution in [0.5, 0.6) is 11.5 Å². The van der Waals surface area contributed by atoms with E-state index in [2.05, 4.69) is 10.4 Å². The Balaban J connectivity index is 1.44. The van der Waals surface area contributed by atoms with Crippen molar-refractivity contribution < 1.29 is 23.1 Å². The Kier molecular flexibility index (Phi) is 6.87. The molecular weight excluding hydrogens is 485 g/mol. The average Bonchev–Trinajstić information content (AvgIpc) is 3.50. The Bertz CT molecular complexity index is 1570. The normalized spacial score (nSPS) is 12.8. The van der Waals surface area contributed by atoms with Gasteiger partial charge in [-0.1, -0.05) is 12.1 Å². The van der Waals surface area contributed by atoms with Crippen LogP contribution in [0.3, 0.4) is 0 Å². The molecular formula is C30H28FN3O4. The molecule has 2 aromatic heterocycles. The summed E-state index contributed by atoms with van der Waals surface area (Å²) in [5.41, 5.74) is 3.36.